The first-order valence-corrected chi connectivity index (χ1v) is 6.01. The Morgan fingerprint density at radius 1 is 1.15 bits per heavy atom. The second-order valence-electron chi connectivity index (χ2n) is 4.54. The second-order valence-corrected chi connectivity index (χ2v) is 4.54. The molecule has 100 valence electrons. The number of fused-ring (bicyclic) bond motifs is 1. The number of anilines is 1. The van der Waals surface area contributed by atoms with Gasteiger partial charge in [-0.2, -0.15) is 4.80 Å². The van der Waals surface area contributed by atoms with Crippen LogP contribution in [0.3, 0.4) is 0 Å². The molecule has 0 amide bonds. The summed E-state index contributed by atoms with van der Waals surface area (Å²) in [6, 6.07) is 10.0. The molecule has 0 atom stereocenters. The fraction of sp³-hybridized carbons (Fsp3) is 0.0714. The number of carboxylic acids is 1. The van der Waals surface area contributed by atoms with Crippen LogP contribution in [0.5, 0.6) is 0 Å². The van der Waals surface area contributed by atoms with Crippen molar-refractivity contribution in [3.05, 3.63) is 47.5 Å². The minimum Gasteiger partial charge on any atom is -0.478 e. The Morgan fingerprint density at radius 3 is 2.35 bits per heavy atom. The highest BCUT2D eigenvalue weighted by Crippen LogP contribution is 2.19. The molecule has 0 saturated heterocycles. The third kappa shape index (κ3) is 1.97. The lowest BCUT2D eigenvalue weighted by Gasteiger charge is -1.99. The lowest BCUT2D eigenvalue weighted by molar-refractivity contribution is 0.0697. The summed E-state index contributed by atoms with van der Waals surface area (Å²) >= 11 is 0. The van der Waals surface area contributed by atoms with E-state index in [1.165, 1.54) is 16.9 Å². The summed E-state index contributed by atoms with van der Waals surface area (Å²) in [6.07, 6.45) is 0. The largest absolute Gasteiger partial charge is 0.478 e. The number of aromatic carboxylic acids is 1. The maximum Gasteiger partial charge on any atom is 0.335 e. The van der Waals surface area contributed by atoms with Gasteiger partial charge in [-0.1, -0.05) is 0 Å². The van der Waals surface area contributed by atoms with E-state index in [9.17, 15) is 4.79 Å². The van der Waals surface area contributed by atoms with Crippen molar-refractivity contribution < 1.29 is 9.90 Å². The van der Waals surface area contributed by atoms with Crippen LogP contribution in [0.1, 0.15) is 15.9 Å². The average molecular weight is 268 g/mol. The van der Waals surface area contributed by atoms with E-state index < -0.39 is 5.97 Å². The van der Waals surface area contributed by atoms with Crippen LogP contribution >= 0.6 is 0 Å². The zero-order chi connectivity index (χ0) is 14.3. The van der Waals surface area contributed by atoms with Gasteiger partial charge in [-0.25, -0.2) is 4.79 Å². The molecule has 0 aliphatic rings. The van der Waals surface area contributed by atoms with Gasteiger partial charge in [-0.05, 0) is 48.9 Å². The molecule has 6 heteroatoms. The first-order valence-electron chi connectivity index (χ1n) is 6.01. The number of nitrogens with zero attached hydrogens (tertiary/aromatic N) is 3. The number of carboxylic acid groups (broad SMARTS) is 1. The predicted molar refractivity (Wildman–Crippen MR) is 75.0 cm³/mol. The highest BCUT2D eigenvalue weighted by Gasteiger charge is 2.08. The van der Waals surface area contributed by atoms with Gasteiger partial charge in [0.25, 0.3) is 0 Å². The maximum atomic E-state index is 10.8. The normalized spacial score (nSPS) is 10.8. The van der Waals surface area contributed by atoms with Crippen LogP contribution in [-0.4, -0.2) is 26.1 Å². The molecule has 3 aromatic rings. The molecule has 1 heterocycles. The van der Waals surface area contributed by atoms with Gasteiger partial charge in [0, 0.05) is 5.69 Å². The van der Waals surface area contributed by atoms with Crippen molar-refractivity contribution in [2.24, 2.45) is 0 Å². The Kier molecular flexibility index (Phi) is 2.64. The minimum absolute atomic E-state index is 0.227. The number of aromatic nitrogens is 3. The molecule has 0 unspecified atom stereocenters. The van der Waals surface area contributed by atoms with Gasteiger partial charge in [-0.15, -0.1) is 10.2 Å². The number of nitrogens with two attached hydrogens (primary N) is 1. The van der Waals surface area contributed by atoms with Gasteiger partial charge in [0.15, 0.2) is 0 Å². The topological polar surface area (TPSA) is 94.0 Å². The van der Waals surface area contributed by atoms with E-state index in [-0.39, 0.29) is 5.56 Å². The van der Waals surface area contributed by atoms with Gasteiger partial charge >= 0.3 is 5.97 Å². The minimum atomic E-state index is -0.960. The Bertz CT molecular complexity index is 767. The lowest BCUT2D eigenvalue weighted by atomic mass is 10.2. The molecule has 0 saturated carbocycles. The van der Waals surface area contributed by atoms with E-state index in [1.54, 1.807) is 18.2 Å². The highest BCUT2D eigenvalue weighted by atomic mass is 16.4. The maximum absolute atomic E-state index is 10.8. The Hall–Kier alpha value is -2.89. The zero-order valence-electron chi connectivity index (χ0n) is 10.7. The standard InChI is InChI=1S/C14H12N4O2/c1-8-6-12-13(7-11(8)15)17-18(16-12)10-4-2-9(3-5-10)14(19)20/h2-7H,15H2,1H3,(H,19,20). The van der Waals surface area contributed by atoms with Crippen molar-refractivity contribution in [3.8, 4) is 5.69 Å². The van der Waals surface area contributed by atoms with Crippen molar-refractivity contribution in [1.82, 2.24) is 15.0 Å². The lowest BCUT2D eigenvalue weighted by Crippen LogP contribution is -2.00. The summed E-state index contributed by atoms with van der Waals surface area (Å²) in [5.74, 6) is -0.960. The number of rotatable bonds is 2. The van der Waals surface area contributed by atoms with Crippen LogP contribution < -0.4 is 5.73 Å². The molecule has 20 heavy (non-hydrogen) atoms. The summed E-state index contributed by atoms with van der Waals surface area (Å²) in [7, 11) is 0. The summed E-state index contributed by atoms with van der Waals surface area (Å²) in [5, 5.41) is 17.6. The van der Waals surface area contributed by atoms with E-state index in [0.29, 0.717) is 16.9 Å². The van der Waals surface area contributed by atoms with Crippen LogP contribution in [0, 0.1) is 6.92 Å². The molecule has 3 N–H and O–H groups in total. The zero-order valence-corrected chi connectivity index (χ0v) is 10.7. The summed E-state index contributed by atoms with van der Waals surface area (Å²) in [4.78, 5) is 12.3. The molecule has 0 aliphatic carbocycles. The Balaban J connectivity index is 2.07. The highest BCUT2D eigenvalue weighted by molar-refractivity contribution is 5.87. The van der Waals surface area contributed by atoms with Gasteiger partial charge in [0.2, 0.25) is 0 Å². The van der Waals surface area contributed by atoms with Crippen LogP contribution in [-0.2, 0) is 0 Å². The smallest absolute Gasteiger partial charge is 0.335 e. The molecule has 0 bridgehead atoms. The molecule has 1 aromatic heterocycles. The van der Waals surface area contributed by atoms with E-state index in [4.69, 9.17) is 10.8 Å². The Labute approximate surface area is 114 Å². The number of nitrogen functional groups attached to an aromatic ring is 1. The summed E-state index contributed by atoms with van der Waals surface area (Å²) in [6.45, 7) is 1.91. The number of hydrogen-bond acceptors (Lipinski definition) is 4. The number of benzene rings is 2. The van der Waals surface area contributed by atoms with Gasteiger partial charge in [0.05, 0.1) is 11.3 Å². The van der Waals surface area contributed by atoms with Gasteiger partial charge < -0.3 is 10.8 Å². The van der Waals surface area contributed by atoms with E-state index in [0.717, 1.165) is 11.1 Å². The molecule has 2 aromatic carbocycles. The number of carbonyl (C=O) groups is 1. The van der Waals surface area contributed by atoms with Crippen molar-refractivity contribution >= 4 is 22.7 Å². The van der Waals surface area contributed by atoms with Gasteiger partial charge in [-0.3, -0.25) is 0 Å². The number of hydrogen-bond donors (Lipinski definition) is 2. The molecule has 0 aliphatic heterocycles. The van der Waals surface area contributed by atoms with Crippen LogP contribution in [0.2, 0.25) is 0 Å². The molecular weight excluding hydrogens is 256 g/mol. The van der Waals surface area contributed by atoms with Crippen molar-refractivity contribution in [2.45, 2.75) is 6.92 Å². The monoisotopic (exact) mass is 268 g/mol. The number of aryl methyl sites for hydroxylation is 1. The van der Waals surface area contributed by atoms with E-state index in [2.05, 4.69) is 10.2 Å². The van der Waals surface area contributed by atoms with Crippen LogP contribution in [0.25, 0.3) is 16.7 Å². The van der Waals surface area contributed by atoms with Gasteiger partial charge in [0.1, 0.15) is 11.0 Å². The third-order valence-electron chi connectivity index (χ3n) is 3.11. The molecule has 0 fully saturated rings. The summed E-state index contributed by atoms with van der Waals surface area (Å²) in [5.41, 5.74) is 9.84. The van der Waals surface area contributed by atoms with Crippen molar-refractivity contribution in [1.29, 1.82) is 0 Å². The SMILES string of the molecule is Cc1cc2nn(-c3ccc(C(=O)O)cc3)nc2cc1N. The fourth-order valence-electron chi connectivity index (χ4n) is 1.94. The van der Waals surface area contributed by atoms with Crippen molar-refractivity contribution in [2.75, 3.05) is 5.73 Å². The van der Waals surface area contributed by atoms with Crippen molar-refractivity contribution in [3.63, 3.8) is 0 Å². The van der Waals surface area contributed by atoms with Crippen LogP contribution in [0.15, 0.2) is 36.4 Å². The molecular formula is C14H12N4O2. The first-order chi connectivity index (χ1) is 9.54. The fourth-order valence-corrected chi connectivity index (χ4v) is 1.94. The molecule has 0 spiro atoms. The third-order valence-corrected chi connectivity index (χ3v) is 3.11. The second kappa shape index (κ2) is 4.34. The predicted octanol–water partition coefficient (Wildman–Crippen LogP) is 2.01. The first kappa shape index (κ1) is 12.2. The van der Waals surface area contributed by atoms with E-state index in [1.807, 2.05) is 13.0 Å². The van der Waals surface area contributed by atoms with E-state index >= 15 is 0 Å². The average Bonchev–Trinajstić information content (AvgIpc) is 2.82. The molecule has 3 rings (SSSR count). The molecule has 0 radical (unpaired) electrons. The van der Waals surface area contributed by atoms with Crippen LogP contribution in [0.4, 0.5) is 5.69 Å². The summed E-state index contributed by atoms with van der Waals surface area (Å²) < 4.78 is 0. The molecule has 6 nitrogen and oxygen atoms in total. The quantitative estimate of drug-likeness (QED) is 0.693. The Morgan fingerprint density at radius 2 is 1.75 bits per heavy atom.